The van der Waals surface area contributed by atoms with Gasteiger partial charge in [0.1, 0.15) is 0 Å². The van der Waals surface area contributed by atoms with Crippen LogP contribution in [0.4, 0.5) is 32.0 Å². The van der Waals surface area contributed by atoms with Gasteiger partial charge in [-0.3, -0.25) is 0 Å². The third kappa shape index (κ3) is 3.94. The predicted molar refractivity (Wildman–Crippen MR) is 102 cm³/mol. The van der Waals surface area contributed by atoms with E-state index in [1.807, 2.05) is 0 Å². The summed E-state index contributed by atoms with van der Waals surface area (Å²) >= 11 is 0. The maximum Gasteiger partial charge on any atom is 0.517 e. The molecule has 0 N–H and O–H groups in total. The van der Waals surface area contributed by atoms with Gasteiger partial charge < -0.3 is 0 Å². The minimum atomic E-state index is -7.00. The number of fused-ring (bicyclic) bond motifs is 1. The summed E-state index contributed by atoms with van der Waals surface area (Å²) in [5.41, 5.74) is -13.6. The van der Waals surface area contributed by atoms with Crippen molar-refractivity contribution in [3.63, 3.8) is 0 Å². The molecule has 0 heterocycles. The molecule has 31 heavy (non-hydrogen) atoms. The van der Waals surface area contributed by atoms with Crippen LogP contribution in [0.1, 0.15) is 0 Å². The number of benzene rings is 3. The molecule has 0 fully saturated rings. The first-order valence-corrected chi connectivity index (χ1v) is 11.1. The molecular weight excluding hydrogens is 472 g/mol. The van der Waals surface area contributed by atoms with Gasteiger partial charge in [0.2, 0.25) is 0 Å². The predicted octanol–water partition coefficient (Wildman–Crippen LogP) is 5.01. The quantitative estimate of drug-likeness (QED) is 0.489. The minimum Gasteiger partial charge on any atom is -0.196 e. The van der Waals surface area contributed by atoms with Crippen LogP contribution in [-0.4, -0.2) is 27.9 Å². The Balaban J connectivity index is 2.49. The maximum atomic E-state index is 13.2. The average molecular weight is 483 g/mol. The molecule has 0 amide bonds. The number of alkyl halides is 6. The number of hydrogen-bond donors (Lipinski definition) is 0. The SMILES string of the molecule is O=S(=O)(N(c1cc(-c2ccccc2)cc2ccccc12)S(=O)(=O)C(F)(F)F)C(F)(F)F. The lowest BCUT2D eigenvalue weighted by molar-refractivity contribution is -0.0462. The second-order valence-corrected chi connectivity index (χ2v) is 9.97. The van der Waals surface area contributed by atoms with E-state index in [4.69, 9.17) is 0 Å². The summed E-state index contributed by atoms with van der Waals surface area (Å²) in [6.45, 7) is 0. The molecule has 0 unspecified atom stereocenters. The van der Waals surface area contributed by atoms with Crippen molar-refractivity contribution in [2.75, 3.05) is 3.71 Å². The number of hydrogen-bond acceptors (Lipinski definition) is 4. The summed E-state index contributed by atoms with van der Waals surface area (Å²) in [6, 6.07) is 14.6. The van der Waals surface area contributed by atoms with E-state index in [2.05, 4.69) is 0 Å². The molecule has 3 aromatic carbocycles. The van der Waals surface area contributed by atoms with Crippen molar-refractivity contribution >= 4 is 36.5 Å². The van der Waals surface area contributed by atoms with E-state index in [1.54, 1.807) is 6.07 Å². The largest absolute Gasteiger partial charge is 0.517 e. The van der Waals surface area contributed by atoms with E-state index in [0.717, 1.165) is 6.07 Å². The topological polar surface area (TPSA) is 71.5 Å². The Kier molecular flexibility index (Phi) is 5.47. The van der Waals surface area contributed by atoms with Crippen LogP contribution in [0, 0.1) is 0 Å². The van der Waals surface area contributed by atoms with Crippen LogP contribution >= 0.6 is 0 Å². The van der Waals surface area contributed by atoms with Gasteiger partial charge in [0, 0.05) is 5.39 Å². The zero-order chi connectivity index (χ0) is 23.2. The molecule has 13 heteroatoms. The first-order chi connectivity index (χ1) is 14.2. The van der Waals surface area contributed by atoms with E-state index in [-0.39, 0.29) is 10.9 Å². The number of nitrogens with zero attached hydrogens (tertiary/aromatic N) is 1. The third-order valence-corrected chi connectivity index (χ3v) is 7.78. The summed E-state index contributed by atoms with van der Waals surface area (Å²) in [5.74, 6) is 0. The van der Waals surface area contributed by atoms with Gasteiger partial charge >= 0.3 is 31.1 Å². The second kappa shape index (κ2) is 7.41. The monoisotopic (exact) mass is 483 g/mol. The molecule has 0 saturated heterocycles. The summed E-state index contributed by atoms with van der Waals surface area (Å²) in [6.07, 6.45) is 0. The number of anilines is 1. The third-order valence-electron chi connectivity index (χ3n) is 4.17. The van der Waals surface area contributed by atoms with Crippen molar-refractivity contribution in [1.82, 2.24) is 0 Å². The fourth-order valence-corrected chi connectivity index (χ4v) is 5.55. The smallest absolute Gasteiger partial charge is 0.196 e. The molecule has 0 saturated carbocycles. The maximum absolute atomic E-state index is 13.2. The summed E-state index contributed by atoms with van der Waals surface area (Å²) < 4.78 is 126. The van der Waals surface area contributed by atoms with Crippen molar-refractivity contribution in [1.29, 1.82) is 0 Å². The van der Waals surface area contributed by atoms with Crippen LogP contribution < -0.4 is 3.71 Å². The summed E-state index contributed by atoms with van der Waals surface area (Å²) in [4.78, 5) is 0. The molecule has 0 aliphatic heterocycles. The zero-order valence-electron chi connectivity index (χ0n) is 15.0. The second-order valence-electron chi connectivity index (χ2n) is 6.18. The van der Waals surface area contributed by atoms with Gasteiger partial charge in [-0.25, -0.2) is 0 Å². The van der Waals surface area contributed by atoms with Gasteiger partial charge in [0.05, 0.1) is 5.69 Å². The van der Waals surface area contributed by atoms with Gasteiger partial charge in [-0.05, 0) is 28.6 Å². The van der Waals surface area contributed by atoms with Crippen molar-refractivity contribution in [3.05, 3.63) is 66.7 Å². The van der Waals surface area contributed by atoms with Gasteiger partial charge in [-0.15, -0.1) is 3.71 Å². The van der Waals surface area contributed by atoms with E-state index in [0.29, 0.717) is 11.6 Å². The number of rotatable bonds is 4. The first kappa shape index (κ1) is 22.9. The molecule has 0 atom stereocenters. The van der Waals surface area contributed by atoms with Crippen LogP contribution in [0.5, 0.6) is 0 Å². The Morgan fingerprint density at radius 3 is 1.61 bits per heavy atom. The summed E-state index contributed by atoms with van der Waals surface area (Å²) in [7, 11) is -14.0. The number of sulfonamides is 2. The Hall–Kier alpha value is -2.80. The molecule has 166 valence electrons. The van der Waals surface area contributed by atoms with E-state index in [1.165, 1.54) is 48.5 Å². The van der Waals surface area contributed by atoms with Crippen LogP contribution in [-0.2, 0) is 20.0 Å². The Morgan fingerprint density at radius 1 is 0.613 bits per heavy atom. The van der Waals surface area contributed by atoms with Gasteiger partial charge in [-0.2, -0.15) is 43.2 Å². The fourth-order valence-electron chi connectivity index (χ4n) is 2.81. The van der Waals surface area contributed by atoms with Gasteiger partial charge in [0.15, 0.2) is 0 Å². The molecule has 0 bridgehead atoms. The van der Waals surface area contributed by atoms with Crippen molar-refractivity contribution in [2.24, 2.45) is 0 Å². The molecule has 0 radical (unpaired) electrons. The van der Waals surface area contributed by atoms with Gasteiger partial charge in [0.25, 0.3) is 0 Å². The molecule has 0 aliphatic rings. The molecule has 5 nitrogen and oxygen atoms in total. The molecule has 3 rings (SSSR count). The highest BCUT2D eigenvalue weighted by molar-refractivity contribution is 8.11. The molecule has 0 aliphatic carbocycles. The Morgan fingerprint density at radius 2 is 1.10 bits per heavy atom. The molecule has 0 spiro atoms. The average Bonchev–Trinajstić information content (AvgIpc) is 2.66. The Labute approximate surface area is 172 Å². The molecule has 3 aromatic rings. The summed E-state index contributed by atoms with van der Waals surface area (Å²) in [5, 5.41) is -0.415. The highest BCUT2D eigenvalue weighted by Gasteiger charge is 2.62. The van der Waals surface area contributed by atoms with Crippen LogP contribution in [0.2, 0.25) is 0 Å². The van der Waals surface area contributed by atoms with Crippen molar-refractivity contribution < 1.29 is 43.2 Å². The molecule has 0 aromatic heterocycles. The fraction of sp³-hybridized carbons (Fsp3) is 0.111. The van der Waals surface area contributed by atoms with E-state index in [9.17, 15) is 43.2 Å². The first-order valence-electron chi connectivity index (χ1n) is 8.19. The van der Waals surface area contributed by atoms with Crippen LogP contribution in [0.25, 0.3) is 21.9 Å². The van der Waals surface area contributed by atoms with E-state index < -0.39 is 45.8 Å². The lowest BCUT2D eigenvalue weighted by Crippen LogP contribution is -2.49. The van der Waals surface area contributed by atoms with Crippen molar-refractivity contribution in [2.45, 2.75) is 11.0 Å². The zero-order valence-corrected chi connectivity index (χ0v) is 16.6. The standard InChI is InChI=1S/C18H11F6NO4S2/c19-17(20,21)30(26,27)25(31(28,29)18(22,23)24)16-11-14(12-6-2-1-3-7-12)10-13-8-4-5-9-15(13)16/h1-11H. The van der Waals surface area contributed by atoms with Crippen LogP contribution in [0.15, 0.2) is 66.7 Å². The minimum absolute atomic E-state index is 0.00838. The highest BCUT2D eigenvalue weighted by atomic mass is 32.3. The van der Waals surface area contributed by atoms with Gasteiger partial charge in [-0.1, -0.05) is 54.6 Å². The molecular formula is C18H11F6NO4S2. The Bertz CT molecular complexity index is 1290. The normalized spacial score (nSPS) is 13.4. The highest BCUT2D eigenvalue weighted by Crippen LogP contribution is 2.43. The lowest BCUT2D eigenvalue weighted by atomic mass is 10.00. The lowest BCUT2D eigenvalue weighted by Gasteiger charge is -2.27. The van der Waals surface area contributed by atoms with E-state index >= 15 is 0 Å². The van der Waals surface area contributed by atoms with Crippen LogP contribution in [0.3, 0.4) is 0 Å². The van der Waals surface area contributed by atoms with Crippen molar-refractivity contribution in [3.8, 4) is 11.1 Å². The number of halogens is 6.